The van der Waals surface area contributed by atoms with E-state index in [1.54, 1.807) is 18.2 Å². The Bertz CT molecular complexity index is 1660. The first kappa shape index (κ1) is 26.1. The largest absolute Gasteiger partial charge is 0.405 e. The van der Waals surface area contributed by atoms with Crippen LogP contribution in [0.5, 0.6) is 0 Å². The van der Waals surface area contributed by atoms with Gasteiger partial charge in [0.25, 0.3) is 11.8 Å². The molecule has 1 saturated heterocycles. The molecule has 9 heteroatoms. The van der Waals surface area contributed by atoms with E-state index < -0.39 is 18.6 Å². The molecule has 40 heavy (non-hydrogen) atoms. The Balaban J connectivity index is 1.14. The molecule has 0 radical (unpaired) electrons. The molecule has 1 unspecified atom stereocenters. The average molecular weight is 547 g/mol. The third kappa shape index (κ3) is 5.08. The Hall–Kier alpha value is -4.14. The predicted octanol–water partition coefficient (Wildman–Crippen LogP) is 4.65. The molecule has 3 aromatic rings. The van der Waals surface area contributed by atoms with Crippen LogP contribution in [0.3, 0.4) is 0 Å². The lowest BCUT2D eigenvalue weighted by Gasteiger charge is -2.33. The van der Waals surface area contributed by atoms with Crippen LogP contribution < -0.4 is 15.9 Å². The molecule has 3 aliphatic rings. The van der Waals surface area contributed by atoms with Crippen molar-refractivity contribution in [3.63, 3.8) is 0 Å². The first-order chi connectivity index (χ1) is 19.2. The van der Waals surface area contributed by atoms with Gasteiger partial charge in [0.15, 0.2) is 0 Å². The lowest BCUT2D eigenvalue weighted by Crippen LogP contribution is -2.39. The van der Waals surface area contributed by atoms with Crippen molar-refractivity contribution in [2.45, 2.75) is 32.4 Å². The molecule has 0 spiro atoms. The van der Waals surface area contributed by atoms with Gasteiger partial charge < -0.3 is 15.2 Å². The van der Waals surface area contributed by atoms with Crippen molar-refractivity contribution in [3.05, 3.63) is 93.8 Å². The Morgan fingerprint density at radius 2 is 1.85 bits per heavy atom. The minimum Gasteiger partial charge on any atom is -0.351 e. The van der Waals surface area contributed by atoms with Gasteiger partial charge in [0.2, 0.25) is 0 Å². The number of carbonyl (C=O) groups is 2. The van der Waals surface area contributed by atoms with Gasteiger partial charge in [-0.2, -0.15) is 13.2 Å². The molecular weight excluding hydrogens is 517 g/mol. The fourth-order valence-corrected chi connectivity index (χ4v) is 6.10. The van der Waals surface area contributed by atoms with E-state index in [4.69, 9.17) is 4.99 Å². The second kappa shape index (κ2) is 10.1. The van der Waals surface area contributed by atoms with Gasteiger partial charge in [-0.15, -0.1) is 0 Å². The molecule has 1 aliphatic carbocycles. The number of allylic oxidation sites excluding steroid dienone is 3. The third-order valence-electron chi connectivity index (χ3n) is 7.98. The zero-order valence-electron chi connectivity index (χ0n) is 22.0. The summed E-state index contributed by atoms with van der Waals surface area (Å²) in [5.74, 6) is -0.129. The number of aromatic amines is 1. The zero-order chi connectivity index (χ0) is 28.0. The van der Waals surface area contributed by atoms with Crippen molar-refractivity contribution in [2.24, 2.45) is 16.8 Å². The summed E-state index contributed by atoms with van der Waals surface area (Å²) >= 11 is 0. The van der Waals surface area contributed by atoms with Gasteiger partial charge in [-0.3, -0.25) is 9.59 Å². The molecule has 1 atom stereocenters. The van der Waals surface area contributed by atoms with Crippen molar-refractivity contribution in [3.8, 4) is 0 Å². The summed E-state index contributed by atoms with van der Waals surface area (Å²) in [6, 6.07) is 14.7. The number of halogens is 3. The molecule has 2 aromatic carbocycles. The van der Waals surface area contributed by atoms with Crippen LogP contribution in [-0.2, 0) is 0 Å². The summed E-state index contributed by atoms with van der Waals surface area (Å²) in [5.41, 5.74) is 4.31. The molecule has 0 bridgehead atoms. The van der Waals surface area contributed by atoms with E-state index in [1.807, 2.05) is 47.5 Å². The van der Waals surface area contributed by atoms with Crippen LogP contribution >= 0.6 is 0 Å². The van der Waals surface area contributed by atoms with E-state index in [-0.39, 0.29) is 17.4 Å². The second-order valence-corrected chi connectivity index (χ2v) is 10.8. The van der Waals surface area contributed by atoms with Gasteiger partial charge in [-0.05, 0) is 67.9 Å². The number of aromatic nitrogens is 1. The number of carbonyl (C=O) groups excluding carboxylic acids is 2. The molecule has 206 valence electrons. The molecule has 1 fully saturated rings. The molecule has 2 amide bonds. The zero-order valence-corrected chi connectivity index (χ0v) is 22.0. The highest BCUT2D eigenvalue weighted by atomic mass is 19.4. The maximum atomic E-state index is 13.1. The summed E-state index contributed by atoms with van der Waals surface area (Å²) in [4.78, 5) is 35.6. The number of hydrogen-bond acceptors (Lipinski definition) is 3. The number of nitrogens with zero attached hydrogens (tertiary/aromatic N) is 2. The number of fused-ring (bicyclic) bond motifs is 3. The van der Waals surface area contributed by atoms with Gasteiger partial charge in [0.05, 0.1) is 11.1 Å². The van der Waals surface area contributed by atoms with Crippen molar-refractivity contribution in [1.29, 1.82) is 0 Å². The molecule has 3 heterocycles. The van der Waals surface area contributed by atoms with Crippen LogP contribution in [-0.4, -0.2) is 47.5 Å². The summed E-state index contributed by atoms with van der Waals surface area (Å²) < 4.78 is 38.0. The maximum Gasteiger partial charge on any atom is 0.405 e. The van der Waals surface area contributed by atoms with Crippen molar-refractivity contribution in [1.82, 2.24) is 15.2 Å². The van der Waals surface area contributed by atoms with Crippen LogP contribution in [0.1, 0.15) is 47.0 Å². The number of alkyl halides is 3. The second-order valence-electron chi connectivity index (χ2n) is 10.8. The van der Waals surface area contributed by atoms with Gasteiger partial charge in [0, 0.05) is 40.3 Å². The average Bonchev–Trinajstić information content (AvgIpc) is 3.53. The molecule has 2 N–H and O–H groups in total. The summed E-state index contributed by atoms with van der Waals surface area (Å²) in [7, 11) is 0. The fourth-order valence-electron chi connectivity index (χ4n) is 6.10. The quantitative estimate of drug-likeness (QED) is 0.489. The van der Waals surface area contributed by atoms with Crippen molar-refractivity contribution in [2.75, 3.05) is 19.6 Å². The van der Waals surface area contributed by atoms with Gasteiger partial charge in [-0.25, -0.2) is 4.99 Å². The normalized spacial score (nSPS) is 19.1. The van der Waals surface area contributed by atoms with E-state index >= 15 is 0 Å². The number of amides is 2. The maximum absolute atomic E-state index is 13.1. The highest BCUT2D eigenvalue weighted by Crippen LogP contribution is 2.35. The summed E-state index contributed by atoms with van der Waals surface area (Å²) in [5, 5.41) is 4.19. The van der Waals surface area contributed by atoms with Crippen LogP contribution in [0.15, 0.2) is 76.9 Å². The van der Waals surface area contributed by atoms with Crippen LogP contribution in [0, 0.1) is 11.8 Å². The Morgan fingerprint density at radius 3 is 2.60 bits per heavy atom. The molecule has 6 nitrogen and oxygen atoms in total. The van der Waals surface area contributed by atoms with Crippen LogP contribution in [0.25, 0.3) is 16.5 Å². The number of para-hydroxylation sites is 1. The smallest absolute Gasteiger partial charge is 0.351 e. The molecule has 2 aliphatic heterocycles. The number of H-pyrrole nitrogens is 1. The molecule has 0 saturated carbocycles. The summed E-state index contributed by atoms with van der Waals surface area (Å²) in [6.07, 6.45) is 2.53. The Kier molecular flexibility index (Phi) is 6.60. The lowest BCUT2D eigenvalue weighted by atomic mass is 9.82. The Morgan fingerprint density at radius 1 is 1.07 bits per heavy atom. The topological polar surface area (TPSA) is 77.6 Å². The van der Waals surface area contributed by atoms with E-state index in [2.05, 4.69) is 17.1 Å². The van der Waals surface area contributed by atoms with E-state index in [9.17, 15) is 22.8 Å². The number of likely N-dealkylation sites (tertiary alicyclic amines) is 1. The molecule has 1 aromatic heterocycles. The lowest BCUT2D eigenvalue weighted by molar-refractivity contribution is -0.123. The van der Waals surface area contributed by atoms with Crippen LogP contribution in [0.4, 0.5) is 13.2 Å². The van der Waals surface area contributed by atoms with Crippen LogP contribution in [0.2, 0.25) is 0 Å². The number of nitrogens with one attached hydrogen (secondary N) is 2. The first-order valence-electron chi connectivity index (χ1n) is 13.5. The summed E-state index contributed by atoms with van der Waals surface area (Å²) in [6.45, 7) is 1.99. The van der Waals surface area contributed by atoms with E-state index in [0.717, 1.165) is 47.0 Å². The number of piperidine rings is 1. The number of benzene rings is 2. The monoisotopic (exact) mass is 546 g/mol. The Labute approximate surface area is 229 Å². The number of hydrogen-bond donors (Lipinski definition) is 2. The minimum absolute atomic E-state index is 0.0296. The van der Waals surface area contributed by atoms with Crippen molar-refractivity contribution < 1.29 is 22.8 Å². The van der Waals surface area contributed by atoms with Gasteiger partial charge >= 0.3 is 6.18 Å². The SMILES string of the molecule is CC1=CC(CC2CCN(C(=O)c3cc4ccccc4[nH]3)CC2)C=C2N=c3cccc(C(=O)NCC(F)(F)F)c3=C12. The third-order valence-corrected chi connectivity index (χ3v) is 7.98. The minimum atomic E-state index is -4.48. The first-order valence-corrected chi connectivity index (χ1v) is 13.5. The highest BCUT2D eigenvalue weighted by Gasteiger charge is 2.31. The molecular formula is C31H29F3N4O2. The van der Waals surface area contributed by atoms with Gasteiger partial charge in [0.1, 0.15) is 12.2 Å². The molecule has 6 rings (SSSR count). The van der Waals surface area contributed by atoms with E-state index in [1.165, 1.54) is 0 Å². The van der Waals surface area contributed by atoms with Gasteiger partial charge in [-0.1, -0.05) is 36.4 Å². The van der Waals surface area contributed by atoms with Crippen molar-refractivity contribution >= 4 is 28.3 Å². The number of rotatable bonds is 5. The standard InChI is InChI=1S/C31H29F3N4O2/c1-18-13-20(14-19-9-11-38(12-10-19)30(40)26-16-21-5-2-3-7-23(21)36-26)15-25-27(18)28-22(6-4-8-24(28)37-25)29(39)35-17-31(32,33)34/h2-8,13,15-16,19-20,36H,9-12,14,17H2,1H3,(H,35,39). The highest BCUT2D eigenvalue weighted by molar-refractivity contribution is 5.98. The van der Waals surface area contributed by atoms with E-state index in [0.29, 0.717) is 35.3 Å². The fraction of sp³-hybridized carbons (Fsp3) is 0.323. The predicted molar refractivity (Wildman–Crippen MR) is 146 cm³/mol.